The monoisotopic (exact) mass is 226 g/mol. The zero-order valence-corrected chi connectivity index (χ0v) is 11.6. The molecule has 0 heterocycles. The zero-order chi connectivity index (χ0) is 13.0. The van der Waals surface area contributed by atoms with Gasteiger partial charge in [0.25, 0.3) is 0 Å². The number of esters is 1. The van der Waals surface area contributed by atoms with E-state index >= 15 is 0 Å². The van der Waals surface area contributed by atoms with E-state index in [9.17, 15) is 4.79 Å². The Morgan fingerprint density at radius 3 is 2.06 bits per heavy atom. The standard InChI is InChI=1S/C14H26O2/c1-11(9-16-12(2)15)8-14(6,7)10-13(3,4)5/h1,8-10H2,2-7H3. The molecule has 0 aliphatic heterocycles. The number of carbonyl (C=O) groups excluding carboxylic acids is 1. The van der Waals surface area contributed by atoms with Crippen LogP contribution in [-0.2, 0) is 9.53 Å². The minimum absolute atomic E-state index is 0.204. The van der Waals surface area contributed by atoms with Crippen molar-refractivity contribution in [3.8, 4) is 0 Å². The Labute approximate surface area is 100 Å². The van der Waals surface area contributed by atoms with Gasteiger partial charge in [-0.1, -0.05) is 41.2 Å². The van der Waals surface area contributed by atoms with E-state index in [-0.39, 0.29) is 11.4 Å². The van der Waals surface area contributed by atoms with Crippen LogP contribution in [0, 0.1) is 10.8 Å². The lowest BCUT2D eigenvalue weighted by Crippen LogP contribution is -2.22. The third kappa shape index (κ3) is 8.51. The summed E-state index contributed by atoms with van der Waals surface area (Å²) in [5.74, 6) is -0.241. The second-order valence-corrected chi connectivity index (χ2v) is 6.61. The summed E-state index contributed by atoms with van der Waals surface area (Å²) in [7, 11) is 0. The molecule has 0 aliphatic carbocycles. The molecule has 0 rings (SSSR count). The maximum atomic E-state index is 10.7. The molecule has 0 saturated heterocycles. The third-order valence-electron chi connectivity index (χ3n) is 2.22. The number of hydrogen-bond donors (Lipinski definition) is 0. The zero-order valence-electron chi connectivity index (χ0n) is 11.6. The molecule has 0 saturated carbocycles. The van der Waals surface area contributed by atoms with Gasteiger partial charge in [0.1, 0.15) is 6.61 Å². The molecular formula is C14H26O2. The van der Waals surface area contributed by atoms with Crippen LogP contribution in [-0.4, -0.2) is 12.6 Å². The van der Waals surface area contributed by atoms with Crippen molar-refractivity contribution in [2.75, 3.05) is 6.61 Å². The molecule has 0 aromatic rings. The largest absolute Gasteiger partial charge is 0.461 e. The van der Waals surface area contributed by atoms with Gasteiger partial charge in [-0.2, -0.15) is 0 Å². The summed E-state index contributed by atoms with van der Waals surface area (Å²) in [6.07, 6.45) is 2.02. The van der Waals surface area contributed by atoms with Crippen molar-refractivity contribution >= 4 is 5.97 Å². The van der Waals surface area contributed by atoms with Crippen LogP contribution >= 0.6 is 0 Å². The Kier molecular flexibility index (Phi) is 5.24. The highest BCUT2D eigenvalue weighted by atomic mass is 16.5. The van der Waals surface area contributed by atoms with Crippen molar-refractivity contribution in [2.24, 2.45) is 10.8 Å². The molecule has 0 aromatic heterocycles. The Balaban J connectivity index is 4.15. The summed E-state index contributed by atoms with van der Waals surface area (Å²) in [5.41, 5.74) is 1.50. The predicted octanol–water partition coefficient (Wildman–Crippen LogP) is 3.96. The second kappa shape index (κ2) is 5.51. The lowest BCUT2D eigenvalue weighted by atomic mass is 9.73. The lowest BCUT2D eigenvalue weighted by molar-refractivity contribution is -0.140. The second-order valence-electron chi connectivity index (χ2n) is 6.61. The van der Waals surface area contributed by atoms with Crippen molar-refractivity contribution < 1.29 is 9.53 Å². The summed E-state index contributed by atoms with van der Waals surface area (Å²) in [6, 6.07) is 0. The van der Waals surface area contributed by atoms with E-state index < -0.39 is 0 Å². The molecule has 0 amide bonds. The number of carbonyl (C=O) groups is 1. The molecular weight excluding hydrogens is 200 g/mol. The minimum atomic E-state index is -0.241. The van der Waals surface area contributed by atoms with Crippen LogP contribution in [0.1, 0.15) is 54.4 Å². The normalized spacial score (nSPS) is 12.4. The molecule has 2 nitrogen and oxygen atoms in total. The van der Waals surface area contributed by atoms with E-state index in [0.717, 1.165) is 18.4 Å². The predicted molar refractivity (Wildman–Crippen MR) is 68.2 cm³/mol. The average molecular weight is 226 g/mol. The molecule has 0 aromatic carbocycles. The highest BCUT2D eigenvalue weighted by molar-refractivity contribution is 5.66. The van der Waals surface area contributed by atoms with E-state index in [1.165, 1.54) is 6.92 Å². The van der Waals surface area contributed by atoms with Gasteiger partial charge in [0.05, 0.1) is 0 Å². The third-order valence-corrected chi connectivity index (χ3v) is 2.22. The molecule has 0 atom stereocenters. The highest BCUT2D eigenvalue weighted by Gasteiger charge is 2.26. The summed E-state index contributed by atoms with van der Waals surface area (Å²) in [6.45, 7) is 16.9. The van der Waals surface area contributed by atoms with E-state index in [4.69, 9.17) is 4.74 Å². The van der Waals surface area contributed by atoms with Gasteiger partial charge in [-0.3, -0.25) is 4.79 Å². The first-order valence-electron chi connectivity index (χ1n) is 5.82. The summed E-state index contributed by atoms with van der Waals surface area (Å²) < 4.78 is 4.94. The minimum Gasteiger partial charge on any atom is -0.461 e. The van der Waals surface area contributed by atoms with Gasteiger partial charge < -0.3 is 4.74 Å². The van der Waals surface area contributed by atoms with Crippen molar-refractivity contribution in [1.29, 1.82) is 0 Å². The van der Waals surface area contributed by atoms with Gasteiger partial charge in [-0.05, 0) is 29.2 Å². The fourth-order valence-corrected chi connectivity index (χ4v) is 2.43. The van der Waals surface area contributed by atoms with E-state index in [2.05, 4.69) is 41.2 Å². The van der Waals surface area contributed by atoms with Crippen LogP contribution in [0.2, 0.25) is 0 Å². The first-order valence-corrected chi connectivity index (χ1v) is 5.82. The van der Waals surface area contributed by atoms with Crippen LogP contribution in [0.5, 0.6) is 0 Å². The molecule has 0 bridgehead atoms. The van der Waals surface area contributed by atoms with Crippen molar-refractivity contribution in [1.82, 2.24) is 0 Å². The Morgan fingerprint density at radius 2 is 1.69 bits per heavy atom. The maximum Gasteiger partial charge on any atom is 0.302 e. The van der Waals surface area contributed by atoms with Crippen molar-refractivity contribution in [3.05, 3.63) is 12.2 Å². The van der Waals surface area contributed by atoms with Gasteiger partial charge in [-0.25, -0.2) is 0 Å². The first-order chi connectivity index (χ1) is 7.02. The Morgan fingerprint density at radius 1 is 1.19 bits per heavy atom. The molecule has 0 spiro atoms. The van der Waals surface area contributed by atoms with Gasteiger partial charge in [0.2, 0.25) is 0 Å². The van der Waals surface area contributed by atoms with Crippen LogP contribution in [0.15, 0.2) is 12.2 Å². The molecule has 0 N–H and O–H groups in total. The Bertz CT molecular complexity index is 256. The van der Waals surface area contributed by atoms with E-state index in [1.54, 1.807) is 0 Å². The fraction of sp³-hybridized carbons (Fsp3) is 0.786. The lowest BCUT2D eigenvalue weighted by Gasteiger charge is -2.33. The van der Waals surface area contributed by atoms with Gasteiger partial charge in [-0.15, -0.1) is 0 Å². The van der Waals surface area contributed by atoms with E-state index in [1.807, 2.05) is 0 Å². The average Bonchev–Trinajstić information content (AvgIpc) is 1.94. The molecule has 2 heteroatoms. The summed E-state index contributed by atoms with van der Waals surface area (Å²) in [4.78, 5) is 10.7. The van der Waals surface area contributed by atoms with Crippen LogP contribution in [0.25, 0.3) is 0 Å². The quantitative estimate of drug-likeness (QED) is 0.524. The van der Waals surface area contributed by atoms with Gasteiger partial charge in [0.15, 0.2) is 0 Å². The number of ether oxygens (including phenoxy) is 1. The molecule has 0 unspecified atom stereocenters. The van der Waals surface area contributed by atoms with Gasteiger partial charge in [0, 0.05) is 6.92 Å². The van der Waals surface area contributed by atoms with Crippen molar-refractivity contribution in [2.45, 2.75) is 54.4 Å². The first kappa shape index (κ1) is 15.2. The smallest absolute Gasteiger partial charge is 0.302 e. The fourth-order valence-electron chi connectivity index (χ4n) is 2.43. The summed E-state index contributed by atoms with van der Waals surface area (Å²) in [5, 5.41) is 0. The highest BCUT2D eigenvalue weighted by Crippen LogP contribution is 2.37. The molecule has 94 valence electrons. The topological polar surface area (TPSA) is 26.3 Å². The van der Waals surface area contributed by atoms with Crippen LogP contribution in [0.3, 0.4) is 0 Å². The number of rotatable bonds is 5. The summed E-state index contributed by atoms with van der Waals surface area (Å²) >= 11 is 0. The SMILES string of the molecule is C=C(COC(C)=O)CC(C)(C)CC(C)(C)C. The molecule has 0 radical (unpaired) electrons. The molecule has 16 heavy (non-hydrogen) atoms. The van der Waals surface area contributed by atoms with Crippen LogP contribution in [0.4, 0.5) is 0 Å². The van der Waals surface area contributed by atoms with Crippen LogP contribution < -0.4 is 0 Å². The Hall–Kier alpha value is -0.790. The number of hydrogen-bond acceptors (Lipinski definition) is 2. The van der Waals surface area contributed by atoms with E-state index in [0.29, 0.717) is 12.0 Å². The van der Waals surface area contributed by atoms with Crippen molar-refractivity contribution in [3.63, 3.8) is 0 Å². The maximum absolute atomic E-state index is 10.7. The molecule has 0 aliphatic rings. The van der Waals surface area contributed by atoms with Gasteiger partial charge >= 0.3 is 5.97 Å². The molecule has 0 fully saturated rings.